The third-order valence-corrected chi connectivity index (χ3v) is 6.92. The van der Waals surface area contributed by atoms with E-state index in [1.54, 1.807) is 6.07 Å². The summed E-state index contributed by atoms with van der Waals surface area (Å²) in [6, 6.07) is 11.3. The molecule has 1 aromatic heterocycles. The minimum Gasteiger partial charge on any atom is -0.372 e. The molecule has 2 aromatic carbocycles. The maximum Gasteiger partial charge on any atom is 0.288 e. The quantitative estimate of drug-likeness (QED) is 0.523. The molecule has 0 unspecified atom stereocenters. The molecular formula is C23H22FN3O4S. The van der Waals surface area contributed by atoms with Gasteiger partial charge in [-0.15, -0.1) is 0 Å². The monoisotopic (exact) mass is 455 g/mol. The van der Waals surface area contributed by atoms with Crippen molar-refractivity contribution in [3.63, 3.8) is 0 Å². The Labute approximate surface area is 188 Å². The Kier molecular flexibility index (Phi) is 5.38. The van der Waals surface area contributed by atoms with Crippen LogP contribution in [0.2, 0.25) is 0 Å². The summed E-state index contributed by atoms with van der Waals surface area (Å²) in [5, 5.41) is 4.08. The number of carbonyl (C=O) groups excluding carboxylic acids is 2. The van der Waals surface area contributed by atoms with Crippen LogP contribution in [0.4, 0.5) is 20.7 Å². The summed E-state index contributed by atoms with van der Waals surface area (Å²) in [6.07, 6.45) is 0.424. The molecule has 0 spiro atoms. The molecule has 1 amide bonds. The van der Waals surface area contributed by atoms with Gasteiger partial charge in [0.1, 0.15) is 0 Å². The second-order valence-electron chi connectivity index (χ2n) is 8.19. The summed E-state index contributed by atoms with van der Waals surface area (Å²) in [7, 11) is 0. The second kappa shape index (κ2) is 8.22. The summed E-state index contributed by atoms with van der Waals surface area (Å²) in [6.45, 7) is 5.11. The highest BCUT2D eigenvalue weighted by Crippen LogP contribution is 2.43. The van der Waals surface area contributed by atoms with Gasteiger partial charge in [-0.25, -0.2) is 4.39 Å². The molecule has 3 heterocycles. The number of carbonyl (C=O) groups is 2. The Balaban J connectivity index is 1.53. The van der Waals surface area contributed by atoms with Gasteiger partial charge >= 0.3 is 0 Å². The van der Waals surface area contributed by atoms with Crippen LogP contribution in [0.5, 0.6) is 0 Å². The molecule has 3 atom stereocenters. The molecule has 9 heteroatoms. The third kappa shape index (κ3) is 3.55. The van der Waals surface area contributed by atoms with Crippen LogP contribution in [0.25, 0.3) is 11.0 Å². The highest BCUT2D eigenvalue weighted by atomic mass is 32.2. The standard InChI is InChI=1S/C23H22FN3O4S/c1-13-9-26(10-14(2)30-13)20-16(12-28)8-17-21(19(20)24)31-25-22(17)27-11-18(32-23(27)29)15-6-4-3-5-7-15/h3-8,12-14,18H,9-11H2,1-2H3/t13-,14-,18-/m1/s1. The van der Waals surface area contributed by atoms with Crippen LogP contribution < -0.4 is 9.80 Å². The maximum atomic E-state index is 15.6. The molecule has 7 nitrogen and oxygen atoms in total. The van der Waals surface area contributed by atoms with E-state index in [4.69, 9.17) is 9.26 Å². The van der Waals surface area contributed by atoms with E-state index >= 15 is 4.39 Å². The number of anilines is 2. The lowest BCUT2D eigenvalue weighted by molar-refractivity contribution is -0.00543. The van der Waals surface area contributed by atoms with E-state index in [2.05, 4.69) is 5.16 Å². The van der Waals surface area contributed by atoms with Gasteiger partial charge in [0.2, 0.25) is 5.58 Å². The summed E-state index contributed by atoms with van der Waals surface area (Å²) >= 11 is 1.19. The van der Waals surface area contributed by atoms with Crippen molar-refractivity contribution in [3.05, 3.63) is 53.3 Å². The number of hydrogen-bond acceptors (Lipinski definition) is 7. The normalized spacial score (nSPS) is 23.8. The van der Waals surface area contributed by atoms with Crippen molar-refractivity contribution in [2.75, 3.05) is 29.4 Å². The Morgan fingerprint density at radius 3 is 2.56 bits per heavy atom. The van der Waals surface area contributed by atoms with Crippen molar-refractivity contribution in [3.8, 4) is 0 Å². The number of amides is 1. The molecule has 0 aliphatic carbocycles. The van der Waals surface area contributed by atoms with Crippen LogP contribution in [0.3, 0.4) is 0 Å². The van der Waals surface area contributed by atoms with Crippen LogP contribution in [-0.4, -0.2) is 48.5 Å². The Morgan fingerprint density at radius 2 is 1.88 bits per heavy atom. The molecule has 2 aliphatic heterocycles. The highest BCUT2D eigenvalue weighted by Gasteiger charge is 2.37. The second-order valence-corrected chi connectivity index (χ2v) is 9.34. The molecule has 0 radical (unpaired) electrons. The Morgan fingerprint density at radius 1 is 1.16 bits per heavy atom. The maximum absolute atomic E-state index is 15.6. The number of thioether (sulfide) groups is 1. The van der Waals surface area contributed by atoms with Gasteiger partial charge in [0, 0.05) is 25.2 Å². The molecule has 166 valence electrons. The third-order valence-electron chi connectivity index (χ3n) is 5.79. The number of hydrogen-bond donors (Lipinski definition) is 0. The van der Waals surface area contributed by atoms with E-state index in [0.29, 0.717) is 31.3 Å². The van der Waals surface area contributed by atoms with Crippen molar-refractivity contribution in [2.24, 2.45) is 0 Å². The molecule has 0 saturated carbocycles. The van der Waals surface area contributed by atoms with Crippen molar-refractivity contribution >= 4 is 45.8 Å². The van der Waals surface area contributed by atoms with E-state index in [0.717, 1.165) is 5.56 Å². The first-order valence-corrected chi connectivity index (χ1v) is 11.3. The van der Waals surface area contributed by atoms with Gasteiger partial charge in [0.05, 0.1) is 28.5 Å². The minimum absolute atomic E-state index is 0.0617. The van der Waals surface area contributed by atoms with Crippen molar-refractivity contribution in [1.29, 1.82) is 0 Å². The van der Waals surface area contributed by atoms with E-state index in [-0.39, 0.29) is 45.3 Å². The number of aromatic nitrogens is 1. The van der Waals surface area contributed by atoms with Crippen LogP contribution >= 0.6 is 11.8 Å². The zero-order valence-corrected chi connectivity index (χ0v) is 18.5. The SMILES string of the molecule is C[C@@H]1CN(c2c(C=O)cc3c(N4C[C@H](c5ccccc5)SC4=O)noc3c2F)C[C@@H](C)O1. The fourth-order valence-corrected chi connectivity index (χ4v) is 5.53. The fraction of sp³-hybridized carbons (Fsp3) is 0.348. The fourth-order valence-electron chi connectivity index (χ4n) is 4.48. The van der Waals surface area contributed by atoms with E-state index in [9.17, 15) is 9.59 Å². The number of fused-ring (bicyclic) bond motifs is 1. The predicted molar refractivity (Wildman–Crippen MR) is 121 cm³/mol. The number of rotatable bonds is 4. The van der Waals surface area contributed by atoms with Gasteiger partial charge in [-0.3, -0.25) is 14.5 Å². The number of halogens is 1. The van der Waals surface area contributed by atoms with Crippen molar-refractivity contribution < 1.29 is 23.2 Å². The van der Waals surface area contributed by atoms with Gasteiger partial charge in [0.25, 0.3) is 5.24 Å². The molecule has 2 aliphatic rings. The van der Waals surface area contributed by atoms with E-state index in [1.807, 2.05) is 49.1 Å². The molecule has 5 rings (SSSR count). The lowest BCUT2D eigenvalue weighted by atomic mass is 10.1. The number of morpholine rings is 1. The van der Waals surface area contributed by atoms with Gasteiger partial charge in [-0.2, -0.15) is 0 Å². The zero-order valence-electron chi connectivity index (χ0n) is 17.7. The lowest BCUT2D eigenvalue weighted by Crippen LogP contribution is -2.46. The first kappa shape index (κ1) is 21.0. The van der Waals surface area contributed by atoms with Crippen LogP contribution in [0, 0.1) is 5.82 Å². The molecule has 2 fully saturated rings. The van der Waals surface area contributed by atoms with Crippen molar-refractivity contribution in [1.82, 2.24) is 5.16 Å². The molecule has 0 N–H and O–H groups in total. The molecule has 32 heavy (non-hydrogen) atoms. The first-order valence-electron chi connectivity index (χ1n) is 10.5. The highest BCUT2D eigenvalue weighted by molar-refractivity contribution is 8.14. The number of benzene rings is 2. The molecular weight excluding hydrogens is 433 g/mol. The summed E-state index contributed by atoms with van der Waals surface area (Å²) in [5.41, 5.74) is 1.34. The first-order chi connectivity index (χ1) is 15.5. The van der Waals surface area contributed by atoms with Crippen LogP contribution in [0.15, 0.2) is 40.9 Å². The number of aldehydes is 1. The molecule has 3 aromatic rings. The van der Waals surface area contributed by atoms with Gasteiger partial charge in [0.15, 0.2) is 17.9 Å². The minimum atomic E-state index is -0.649. The van der Waals surface area contributed by atoms with Crippen LogP contribution in [0.1, 0.15) is 35.0 Å². The number of ether oxygens (including phenoxy) is 1. The predicted octanol–water partition coefficient (Wildman–Crippen LogP) is 4.81. The van der Waals surface area contributed by atoms with Gasteiger partial charge in [-0.1, -0.05) is 47.3 Å². The summed E-state index contributed by atoms with van der Waals surface area (Å²) in [4.78, 5) is 28.0. The van der Waals surface area contributed by atoms with Gasteiger partial charge in [-0.05, 0) is 25.5 Å². The average Bonchev–Trinajstić information content (AvgIpc) is 3.36. The van der Waals surface area contributed by atoms with Crippen LogP contribution in [-0.2, 0) is 4.74 Å². The largest absolute Gasteiger partial charge is 0.372 e. The Hall–Kier alpha value is -2.91. The average molecular weight is 456 g/mol. The van der Waals surface area contributed by atoms with E-state index < -0.39 is 5.82 Å². The smallest absolute Gasteiger partial charge is 0.288 e. The van der Waals surface area contributed by atoms with E-state index in [1.165, 1.54) is 16.7 Å². The topological polar surface area (TPSA) is 75.9 Å². The molecule has 0 bridgehead atoms. The number of nitrogens with zero attached hydrogens (tertiary/aromatic N) is 3. The zero-order chi connectivity index (χ0) is 22.4. The van der Waals surface area contributed by atoms with Crippen molar-refractivity contribution in [2.45, 2.75) is 31.3 Å². The van der Waals surface area contributed by atoms with Gasteiger partial charge < -0.3 is 14.2 Å². The lowest BCUT2D eigenvalue weighted by Gasteiger charge is -2.37. The molecule has 2 saturated heterocycles. The summed E-state index contributed by atoms with van der Waals surface area (Å²) < 4.78 is 26.7. The summed E-state index contributed by atoms with van der Waals surface area (Å²) in [5.74, 6) is -0.420. The Bertz CT molecular complexity index is 1170.